The van der Waals surface area contributed by atoms with Crippen LogP contribution in [0.3, 0.4) is 0 Å². The first kappa shape index (κ1) is 18.3. The lowest BCUT2D eigenvalue weighted by Crippen LogP contribution is -2.26. The number of benzene rings is 1. The zero-order valence-electron chi connectivity index (χ0n) is 14.2. The summed E-state index contributed by atoms with van der Waals surface area (Å²) < 4.78 is 5.85. The van der Waals surface area contributed by atoms with Crippen molar-refractivity contribution in [2.24, 2.45) is 5.92 Å². The van der Waals surface area contributed by atoms with Crippen molar-refractivity contribution in [1.29, 1.82) is 0 Å². The maximum Gasteiger partial charge on any atom is 0.323 e. The van der Waals surface area contributed by atoms with Gasteiger partial charge in [0.25, 0.3) is 0 Å². The van der Waals surface area contributed by atoms with Gasteiger partial charge in [0, 0.05) is 13.6 Å². The van der Waals surface area contributed by atoms with Crippen molar-refractivity contribution in [2.45, 2.75) is 40.3 Å². The van der Waals surface area contributed by atoms with Gasteiger partial charge in [0.05, 0.1) is 11.8 Å². The van der Waals surface area contributed by atoms with E-state index in [-0.39, 0.29) is 12.6 Å². The lowest BCUT2D eigenvalue weighted by atomic mass is 10.1. The molecular weight excluding hydrogens is 280 g/mol. The lowest BCUT2D eigenvalue weighted by molar-refractivity contribution is -0.135. The molecule has 0 aromatic heterocycles. The number of nitrogens with one attached hydrogen (secondary N) is 1. The van der Waals surface area contributed by atoms with Gasteiger partial charge in [-0.3, -0.25) is 4.79 Å². The largest absolute Gasteiger partial charge is 0.489 e. The molecule has 0 radical (unpaired) electrons. The third-order valence-corrected chi connectivity index (χ3v) is 3.05. The molecule has 22 heavy (non-hydrogen) atoms. The summed E-state index contributed by atoms with van der Waals surface area (Å²) in [5, 5.41) is 12.3. The number of nitrogens with zero attached hydrogens (tertiary/aromatic N) is 1. The minimum Gasteiger partial charge on any atom is -0.489 e. The molecule has 1 aromatic rings. The highest BCUT2D eigenvalue weighted by atomic mass is 16.5. The molecular formula is C17H28N2O3. The van der Waals surface area contributed by atoms with Crippen LogP contribution < -0.4 is 15.0 Å². The average Bonchev–Trinajstić information content (AvgIpc) is 2.36. The van der Waals surface area contributed by atoms with E-state index >= 15 is 0 Å². The third-order valence-electron chi connectivity index (χ3n) is 3.05. The van der Waals surface area contributed by atoms with Gasteiger partial charge in [0.2, 0.25) is 0 Å². The number of carboxylic acids is 1. The maximum atomic E-state index is 10.9. The number of rotatable bonds is 9. The Morgan fingerprint density at radius 1 is 1.32 bits per heavy atom. The molecule has 0 unspecified atom stereocenters. The fraction of sp³-hybridized carbons (Fsp3) is 0.588. The van der Waals surface area contributed by atoms with Crippen molar-refractivity contribution in [3.05, 3.63) is 23.8 Å². The van der Waals surface area contributed by atoms with E-state index in [1.54, 1.807) is 11.9 Å². The van der Waals surface area contributed by atoms with Gasteiger partial charge >= 0.3 is 5.97 Å². The van der Waals surface area contributed by atoms with E-state index in [0.29, 0.717) is 5.92 Å². The Kier molecular flexibility index (Phi) is 7.18. The SMILES string of the molecule is CC(C)CNCc1ccc(N(C)CC(=O)O)c(OC(C)C)c1. The monoisotopic (exact) mass is 308 g/mol. The van der Waals surface area contributed by atoms with Gasteiger partial charge in [-0.05, 0) is 44.0 Å². The first-order valence-electron chi connectivity index (χ1n) is 7.72. The molecule has 2 N–H and O–H groups in total. The van der Waals surface area contributed by atoms with Crippen LogP contribution in [0.2, 0.25) is 0 Å². The topological polar surface area (TPSA) is 61.8 Å². The van der Waals surface area contributed by atoms with E-state index in [2.05, 4.69) is 19.2 Å². The van der Waals surface area contributed by atoms with E-state index in [0.717, 1.165) is 30.1 Å². The van der Waals surface area contributed by atoms with Crippen molar-refractivity contribution >= 4 is 11.7 Å². The maximum absolute atomic E-state index is 10.9. The van der Waals surface area contributed by atoms with Crippen molar-refractivity contribution in [1.82, 2.24) is 5.32 Å². The fourth-order valence-electron chi connectivity index (χ4n) is 2.13. The van der Waals surface area contributed by atoms with Crippen LogP contribution in [-0.4, -0.2) is 37.3 Å². The molecule has 0 atom stereocenters. The average molecular weight is 308 g/mol. The van der Waals surface area contributed by atoms with E-state index in [9.17, 15) is 4.79 Å². The Morgan fingerprint density at radius 3 is 2.55 bits per heavy atom. The predicted octanol–water partition coefficient (Wildman–Crippen LogP) is 2.74. The first-order chi connectivity index (χ1) is 10.3. The summed E-state index contributed by atoms with van der Waals surface area (Å²) in [5.41, 5.74) is 1.92. The standard InChI is InChI=1S/C17H28N2O3/c1-12(2)9-18-10-14-6-7-15(19(5)11-17(20)21)16(8-14)22-13(3)4/h6-8,12-13,18H,9-11H2,1-5H3,(H,20,21). The predicted molar refractivity (Wildman–Crippen MR) is 89.7 cm³/mol. The van der Waals surface area contributed by atoms with Crippen LogP contribution in [0.25, 0.3) is 0 Å². The van der Waals surface area contributed by atoms with E-state index in [1.165, 1.54) is 0 Å². The highest BCUT2D eigenvalue weighted by molar-refractivity contribution is 5.75. The molecule has 0 amide bonds. The number of hydrogen-bond donors (Lipinski definition) is 2. The third kappa shape index (κ3) is 6.35. The lowest BCUT2D eigenvalue weighted by Gasteiger charge is -2.23. The molecule has 0 saturated carbocycles. The van der Waals surface area contributed by atoms with Crippen molar-refractivity contribution in [3.8, 4) is 5.75 Å². The molecule has 1 rings (SSSR count). The molecule has 0 spiro atoms. The minimum atomic E-state index is -0.860. The number of carbonyl (C=O) groups is 1. The fourth-order valence-corrected chi connectivity index (χ4v) is 2.13. The summed E-state index contributed by atoms with van der Waals surface area (Å²) >= 11 is 0. The van der Waals surface area contributed by atoms with Crippen LogP contribution >= 0.6 is 0 Å². The number of likely N-dealkylation sites (N-methyl/N-ethyl adjacent to an activating group) is 1. The molecule has 1 aromatic carbocycles. The highest BCUT2D eigenvalue weighted by Gasteiger charge is 2.13. The zero-order chi connectivity index (χ0) is 16.7. The molecule has 0 aliphatic rings. The van der Waals surface area contributed by atoms with Gasteiger partial charge in [-0.25, -0.2) is 0 Å². The van der Waals surface area contributed by atoms with Gasteiger partial charge in [-0.1, -0.05) is 19.9 Å². The van der Waals surface area contributed by atoms with Crippen LogP contribution in [0.5, 0.6) is 5.75 Å². The van der Waals surface area contributed by atoms with Crippen LogP contribution in [0.15, 0.2) is 18.2 Å². The van der Waals surface area contributed by atoms with Crippen molar-refractivity contribution in [3.63, 3.8) is 0 Å². The quantitative estimate of drug-likeness (QED) is 0.734. The highest BCUT2D eigenvalue weighted by Crippen LogP contribution is 2.29. The molecule has 0 bridgehead atoms. The first-order valence-corrected chi connectivity index (χ1v) is 7.72. The summed E-state index contributed by atoms with van der Waals surface area (Å²) in [6.45, 7) is 9.94. The Labute approximate surface area is 133 Å². The molecule has 0 heterocycles. The van der Waals surface area contributed by atoms with Gasteiger partial charge in [0.1, 0.15) is 12.3 Å². The second-order valence-corrected chi connectivity index (χ2v) is 6.24. The Bertz CT molecular complexity index is 487. The van der Waals surface area contributed by atoms with E-state index < -0.39 is 5.97 Å². The van der Waals surface area contributed by atoms with Gasteiger partial charge < -0.3 is 20.1 Å². The second-order valence-electron chi connectivity index (χ2n) is 6.24. The van der Waals surface area contributed by atoms with Crippen molar-refractivity contribution in [2.75, 3.05) is 25.0 Å². The number of anilines is 1. The number of carboxylic acid groups (broad SMARTS) is 1. The molecule has 0 fully saturated rings. The smallest absolute Gasteiger partial charge is 0.323 e. The van der Waals surface area contributed by atoms with Crippen LogP contribution in [0.4, 0.5) is 5.69 Å². The Hall–Kier alpha value is -1.75. The summed E-state index contributed by atoms with van der Waals surface area (Å²) in [7, 11) is 1.76. The molecule has 124 valence electrons. The van der Waals surface area contributed by atoms with Crippen LogP contribution in [-0.2, 0) is 11.3 Å². The van der Waals surface area contributed by atoms with Crippen molar-refractivity contribution < 1.29 is 14.6 Å². The molecule has 0 aliphatic heterocycles. The summed E-state index contributed by atoms with van der Waals surface area (Å²) in [4.78, 5) is 12.6. The van der Waals surface area contributed by atoms with Gasteiger partial charge in [-0.15, -0.1) is 0 Å². The van der Waals surface area contributed by atoms with Crippen LogP contribution in [0, 0.1) is 5.92 Å². The van der Waals surface area contributed by atoms with Crippen LogP contribution in [0.1, 0.15) is 33.3 Å². The normalized spacial score (nSPS) is 11.0. The molecule has 0 aliphatic carbocycles. The van der Waals surface area contributed by atoms with E-state index in [4.69, 9.17) is 9.84 Å². The number of aliphatic carboxylic acids is 1. The van der Waals surface area contributed by atoms with E-state index in [1.807, 2.05) is 32.0 Å². The summed E-state index contributed by atoms with van der Waals surface area (Å²) in [6, 6.07) is 5.92. The molecule has 0 saturated heterocycles. The van der Waals surface area contributed by atoms with Gasteiger partial charge in [0.15, 0.2) is 0 Å². The van der Waals surface area contributed by atoms with Gasteiger partial charge in [-0.2, -0.15) is 0 Å². The number of hydrogen-bond acceptors (Lipinski definition) is 4. The summed E-state index contributed by atoms with van der Waals surface area (Å²) in [6.07, 6.45) is 0.0378. The summed E-state index contributed by atoms with van der Waals surface area (Å²) in [5.74, 6) is 0.468. The minimum absolute atomic E-state index is 0.0378. The Morgan fingerprint density at radius 2 is 2.00 bits per heavy atom. The Balaban J connectivity index is 2.90. The number of ether oxygens (including phenoxy) is 1. The second kappa shape index (κ2) is 8.63. The molecule has 5 nitrogen and oxygen atoms in total. The zero-order valence-corrected chi connectivity index (χ0v) is 14.2. The molecule has 5 heteroatoms.